The fourth-order valence-electron chi connectivity index (χ4n) is 2.97. The highest BCUT2D eigenvalue weighted by atomic mass is 32.1. The number of nitrogens with zero attached hydrogens (tertiary/aromatic N) is 6. The van der Waals surface area contributed by atoms with Gasteiger partial charge in [0, 0.05) is 18.0 Å². The maximum absolute atomic E-state index is 12.6. The fourth-order valence-corrected chi connectivity index (χ4v) is 3.69. The zero-order valence-electron chi connectivity index (χ0n) is 15.2. The van der Waals surface area contributed by atoms with Gasteiger partial charge in [0.1, 0.15) is 0 Å². The Bertz CT molecular complexity index is 1330. The van der Waals surface area contributed by atoms with Crippen LogP contribution >= 0.6 is 11.3 Å². The molecule has 0 saturated carbocycles. The topological polar surface area (TPSA) is 109 Å². The summed E-state index contributed by atoms with van der Waals surface area (Å²) >= 11 is 1.45. The van der Waals surface area contributed by atoms with Crippen LogP contribution in [0.5, 0.6) is 0 Å². The number of anilines is 1. The van der Waals surface area contributed by atoms with Crippen molar-refractivity contribution >= 4 is 26.7 Å². The van der Waals surface area contributed by atoms with E-state index in [0.29, 0.717) is 17.2 Å². The molecule has 8 nitrogen and oxygen atoms in total. The zero-order chi connectivity index (χ0) is 20.7. The molecule has 0 aliphatic rings. The number of thiazole rings is 1. The molecular formula is C19H13F2N7OS. The number of halogens is 2. The number of nitrogen functional groups attached to an aromatic ring is 1. The number of hydrogen-bond acceptors (Lipinski definition) is 8. The molecule has 5 aromatic rings. The molecule has 0 fully saturated rings. The van der Waals surface area contributed by atoms with Gasteiger partial charge in [0.15, 0.2) is 5.13 Å². The van der Waals surface area contributed by atoms with Crippen LogP contribution in [-0.2, 0) is 6.54 Å². The first-order valence-corrected chi connectivity index (χ1v) is 9.62. The van der Waals surface area contributed by atoms with Crippen LogP contribution in [0.4, 0.5) is 13.9 Å². The van der Waals surface area contributed by atoms with Crippen LogP contribution in [0, 0.1) is 0 Å². The van der Waals surface area contributed by atoms with Gasteiger partial charge >= 0.3 is 6.43 Å². The molecule has 1 aromatic carbocycles. The van der Waals surface area contributed by atoms with Crippen LogP contribution in [0.25, 0.3) is 32.9 Å². The Morgan fingerprint density at radius 1 is 1.10 bits per heavy atom. The third kappa shape index (κ3) is 3.50. The predicted molar refractivity (Wildman–Crippen MR) is 107 cm³/mol. The molecule has 11 heteroatoms. The van der Waals surface area contributed by atoms with E-state index >= 15 is 0 Å². The Hall–Kier alpha value is -3.73. The number of aromatic nitrogens is 6. The van der Waals surface area contributed by atoms with Crippen LogP contribution in [-0.4, -0.2) is 29.7 Å². The van der Waals surface area contributed by atoms with E-state index < -0.39 is 12.3 Å². The molecule has 4 heterocycles. The molecule has 30 heavy (non-hydrogen) atoms. The third-order valence-electron chi connectivity index (χ3n) is 4.38. The molecule has 0 spiro atoms. The van der Waals surface area contributed by atoms with Gasteiger partial charge in [0.05, 0.1) is 40.0 Å². The second-order valence-corrected chi connectivity index (χ2v) is 7.51. The summed E-state index contributed by atoms with van der Waals surface area (Å²) in [4.78, 5) is 13.1. The zero-order valence-corrected chi connectivity index (χ0v) is 16.1. The molecule has 5 rings (SSSR count). The molecule has 0 radical (unpaired) electrons. The SMILES string of the molecule is Nc1nc2cc(-c3cn(Cc4ccc(-c5nnc(C(F)F)o5)cn4)cn3)ccc2s1. The van der Waals surface area contributed by atoms with Crippen molar-refractivity contribution in [2.45, 2.75) is 13.0 Å². The van der Waals surface area contributed by atoms with Crippen molar-refractivity contribution in [3.05, 3.63) is 60.6 Å². The van der Waals surface area contributed by atoms with Crippen molar-refractivity contribution in [3.8, 4) is 22.7 Å². The van der Waals surface area contributed by atoms with E-state index in [4.69, 9.17) is 10.2 Å². The van der Waals surface area contributed by atoms with E-state index in [0.717, 1.165) is 27.2 Å². The van der Waals surface area contributed by atoms with Gasteiger partial charge in [-0.15, -0.1) is 10.2 Å². The Labute approximate surface area is 172 Å². The molecule has 0 unspecified atom stereocenters. The summed E-state index contributed by atoms with van der Waals surface area (Å²) in [6, 6.07) is 9.39. The minimum Gasteiger partial charge on any atom is -0.415 e. The Balaban J connectivity index is 1.33. The summed E-state index contributed by atoms with van der Waals surface area (Å²) in [6.45, 7) is 0.491. The first-order chi connectivity index (χ1) is 14.5. The van der Waals surface area contributed by atoms with Crippen LogP contribution < -0.4 is 5.73 Å². The lowest BCUT2D eigenvalue weighted by Gasteiger charge is -2.02. The van der Waals surface area contributed by atoms with Gasteiger partial charge in [0.25, 0.3) is 5.89 Å². The molecule has 0 amide bonds. The molecule has 2 N–H and O–H groups in total. The fraction of sp³-hybridized carbons (Fsp3) is 0.105. The van der Waals surface area contributed by atoms with Gasteiger partial charge in [0.2, 0.25) is 5.89 Å². The van der Waals surface area contributed by atoms with Crippen molar-refractivity contribution in [2.75, 3.05) is 5.73 Å². The summed E-state index contributed by atoms with van der Waals surface area (Å²) in [6.07, 6.45) is 2.34. The third-order valence-corrected chi connectivity index (χ3v) is 5.24. The number of fused-ring (bicyclic) bond motifs is 1. The van der Waals surface area contributed by atoms with E-state index in [1.54, 1.807) is 18.5 Å². The van der Waals surface area contributed by atoms with Gasteiger partial charge in [-0.25, -0.2) is 9.97 Å². The van der Waals surface area contributed by atoms with Crippen molar-refractivity contribution in [1.29, 1.82) is 0 Å². The summed E-state index contributed by atoms with van der Waals surface area (Å²) < 4.78 is 33.0. The Morgan fingerprint density at radius 3 is 2.73 bits per heavy atom. The van der Waals surface area contributed by atoms with Crippen LogP contribution in [0.3, 0.4) is 0 Å². The van der Waals surface area contributed by atoms with Crippen molar-refractivity contribution in [2.24, 2.45) is 0 Å². The van der Waals surface area contributed by atoms with Crippen molar-refractivity contribution in [1.82, 2.24) is 29.7 Å². The average molecular weight is 425 g/mol. The van der Waals surface area contributed by atoms with Crippen LogP contribution in [0.1, 0.15) is 18.0 Å². The minimum absolute atomic E-state index is 0.00679. The lowest BCUT2D eigenvalue weighted by molar-refractivity contribution is 0.116. The highest BCUT2D eigenvalue weighted by Crippen LogP contribution is 2.28. The van der Waals surface area contributed by atoms with E-state index in [1.165, 1.54) is 17.5 Å². The van der Waals surface area contributed by atoms with Gasteiger partial charge in [-0.1, -0.05) is 17.4 Å². The number of rotatable bonds is 5. The van der Waals surface area contributed by atoms with Crippen molar-refractivity contribution < 1.29 is 13.2 Å². The van der Waals surface area contributed by atoms with E-state index in [2.05, 4.69) is 25.1 Å². The lowest BCUT2D eigenvalue weighted by atomic mass is 10.1. The van der Waals surface area contributed by atoms with E-state index in [1.807, 2.05) is 29.0 Å². The molecule has 4 aromatic heterocycles. The molecule has 0 saturated heterocycles. The van der Waals surface area contributed by atoms with Gasteiger partial charge < -0.3 is 14.7 Å². The van der Waals surface area contributed by atoms with E-state index in [-0.39, 0.29) is 5.89 Å². The highest BCUT2D eigenvalue weighted by Gasteiger charge is 2.17. The monoisotopic (exact) mass is 425 g/mol. The second kappa shape index (κ2) is 7.26. The number of benzene rings is 1. The molecule has 0 atom stereocenters. The number of hydrogen-bond donors (Lipinski definition) is 1. The summed E-state index contributed by atoms with van der Waals surface area (Å²) in [5.41, 5.74) is 9.60. The van der Waals surface area contributed by atoms with Gasteiger partial charge in [-0.05, 0) is 24.3 Å². The number of pyridine rings is 1. The van der Waals surface area contributed by atoms with Crippen LogP contribution in [0.15, 0.2) is 53.5 Å². The van der Waals surface area contributed by atoms with Gasteiger partial charge in [-0.2, -0.15) is 8.78 Å². The molecule has 0 aliphatic heterocycles. The maximum atomic E-state index is 12.6. The molecule has 0 aliphatic carbocycles. The molecule has 0 bridgehead atoms. The smallest absolute Gasteiger partial charge is 0.314 e. The highest BCUT2D eigenvalue weighted by molar-refractivity contribution is 7.22. The second-order valence-electron chi connectivity index (χ2n) is 6.45. The van der Waals surface area contributed by atoms with Crippen molar-refractivity contribution in [3.63, 3.8) is 0 Å². The number of nitrogens with two attached hydrogens (primary N) is 1. The van der Waals surface area contributed by atoms with Gasteiger partial charge in [-0.3, -0.25) is 4.98 Å². The predicted octanol–water partition coefficient (Wildman–Crippen LogP) is 4.17. The summed E-state index contributed by atoms with van der Waals surface area (Å²) in [5.74, 6) is -0.703. The van der Waals surface area contributed by atoms with E-state index in [9.17, 15) is 8.78 Å². The normalized spacial score (nSPS) is 11.6. The average Bonchev–Trinajstić information content (AvgIpc) is 3.47. The maximum Gasteiger partial charge on any atom is 0.314 e. The first kappa shape index (κ1) is 18.3. The van der Waals surface area contributed by atoms with Crippen LogP contribution in [0.2, 0.25) is 0 Å². The number of imidazole rings is 1. The largest absolute Gasteiger partial charge is 0.415 e. The number of alkyl halides is 2. The molecular weight excluding hydrogens is 412 g/mol. The minimum atomic E-state index is -2.80. The Kier molecular flexibility index (Phi) is 4.43. The lowest BCUT2D eigenvalue weighted by Crippen LogP contribution is -1.99. The summed E-state index contributed by atoms with van der Waals surface area (Å²) in [7, 11) is 0. The quantitative estimate of drug-likeness (QED) is 0.450. The molecule has 150 valence electrons. The summed E-state index contributed by atoms with van der Waals surface area (Å²) in [5, 5.41) is 7.47. The Morgan fingerprint density at radius 2 is 1.97 bits per heavy atom. The first-order valence-electron chi connectivity index (χ1n) is 8.80. The standard InChI is InChI=1S/C19H13F2N7OS/c20-16(21)18-27-26-17(29-18)11-1-3-12(23-6-11)7-28-8-14(24-9-28)10-2-4-15-13(5-10)25-19(22)30-15/h1-6,8-9,16H,7H2,(H2,22,25).